The number of allylic oxidation sites excluding steroid dienone is 4. The number of carbonyl (C=O) groups is 1. The summed E-state index contributed by atoms with van der Waals surface area (Å²) in [4.78, 5) is 12.5. The molecule has 0 saturated heterocycles. The Hall–Kier alpha value is -1.17. The Morgan fingerprint density at radius 2 is 0.827 bits per heavy atom. The van der Waals surface area contributed by atoms with Gasteiger partial charge in [-0.05, 0) is 44.9 Å². The van der Waals surface area contributed by atoms with Gasteiger partial charge in [0.25, 0.3) is 0 Å². The van der Waals surface area contributed by atoms with E-state index in [2.05, 4.69) is 43.5 Å². The molecular weight excluding hydrogens is 643 g/mol. The van der Waals surface area contributed by atoms with E-state index in [9.17, 15) is 20.1 Å². The third-order valence-electron chi connectivity index (χ3n) is 10.8. The smallest absolute Gasteiger partial charge is 0.222 e. The maximum absolute atomic E-state index is 12.5. The van der Waals surface area contributed by atoms with E-state index >= 15 is 0 Å². The second-order valence-corrected chi connectivity index (χ2v) is 16.0. The number of nitrogens with one attached hydrogen (secondary N) is 1. The van der Waals surface area contributed by atoms with Crippen LogP contribution in [0.25, 0.3) is 0 Å². The molecule has 5 heteroatoms. The molecule has 3 unspecified atom stereocenters. The number of aliphatic hydroxyl groups excluding tert-OH is 3. The number of hydrogen-bond acceptors (Lipinski definition) is 4. The summed E-state index contributed by atoms with van der Waals surface area (Å²) in [5.74, 6) is -0.286. The largest absolute Gasteiger partial charge is 0.394 e. The Labute approximate surface area is 324 Å². The van der Waals surface area contributed by atoms with Crippen LogP contribution in [0.4, 0.5) is 0 Å². The van der Waals surface area contributed by atoms with Crippen molar-refractivity contribution in [2.75, 3.05) is 6.61 Å². The van der Waals surface area contributed by atoms with E-state index in [0.717, 1.165) is 32.1 Å². The van der Waals surface area contributed by atoms with E-state index in [1.807, 2.05) is 0 Å². The lowest BCUT2D eigenvalue weighted by Gasteiger charge is -2.23. The standard InChI is InChI=1S/C47H91NO4/c1-3-5-7-9-11-13-15-17-19-20-21-22-23-24-25-26-27-28-30-32-34-36-38-40-44(50)42-47(52)48-45(43-49)46(51)41-39-37-35-33-31-29-18-16-14-12-10-8-6-4-2/h21-22,24-25,44-46,49-51H,3-20,23,26-43H2,1-2H3,(H,48,52)/b22-21-,25-24-. The third kappa shape index (κ3) is 38.6. The first-order chi connectivity index (χ1) is 25.5. The van der Waals surface area contributed by atoms with Crippen LogP contribution in [0, 0.1) is 0 Å². The van der Waals surface area contributed by atoms with Crippen LogP contribution < -0.4 is 5.32 Å². The quantitative estimate of drug-likeness (QED) is 0.0371. The molecule has 1 amide bonds. The van der Waals surface area contributed by atoms with Crippen molar-refractivity contribution < 1.29 is 20.1 Å². The lowest BCUT2D eigenvalue weighted by Crippen LogP contribution is -2.46. The second-order valence-electron chi connectivity index (χ2n) is 16.0. The summed E-state index contributed by atoms with van der Waals surface area (Å²) < 4.78 is 0. The summed E-state index contributed by atoms with van der Waals surface area (Å²) in [6.45, 7) is 4.27. The topological polar surface area (TPSA) is 89.8 Å². The van der Waals surface area contributed by atoms with Gasteiger partial charge in [-0.25, -0.2) is 0 Å². The van der Waals surface area contributed by atoms with Crippen LogP contribution in [0.2, 0.25) is 0 Å². The van der Waals surface area contributed by atoms with Gasteiger partial charge in [-0.15, -0.1) is 0 Å². The van der Waals surface area contributed by atoms with Crippen molar-refractivity contribution in [3.05, 3.63) is 24.3 Å². The van der Waals surface area contributed by atoms with Gasteiger partial charge in [0.15, 0.2) is 0 Å². The minimum Gasteiger partial charge on any atom is -0.394 e. The SMILES string of the molecule is CCCCCCCCCCC/C=C\C/C=C\CCCCCCCCCC(O)CC(=O)NC(CO)C(O)CCCCCCCCCCCCCCCC. The van der Waals surface area contributed by atoms with Gasteiger partial charge in [0, 0.05) is 0 Å². The van der Waals surface area contributed by atoms with Crippen LogP contribution in [0.1, 0.15) is 245 Å². The van der Waals surface area contributed by atoms with Crippen molar-refractivity contribution >= 4 is 5.91 Å². The molecule has 0 rings (SSSR count). The number of amides is 1. The van der Waals surface area contributed by atoms with Crippen LogP contribution in [0.3, 0.4) is 0 Å². The molecule has 4 N–H and O–H groups in total. The van der Waals surface area contributed by atoms with Crippen LogP contribution in [-0.2, 0) is 4.79 Å². The summed E-state index contributed by atoms with van der Waals surface area (Å²) in [6.07, 6.45) is 51.5. The zero-order chi connectivity index (χ0) is 38.0. The van der Waals surface area contributed by atoms with Crippen LogP contribution in [-0.4, -0.2) is 46.1 Å². The molecule has 3 atom stereocenters. The normalized spacial score (nSPS) is 13.7. The predicted molar refractivity (Wildman–Crippen MR) is 227 cm³/mol. The maximum atomic E-state index is 12.5. The van der Waals surface area contributed by atoms with E-state index < -0.39 is 18.2 Å². The monoisotopic (exact) mass is 734 g/mol. The van der Waals surface area contributed by atoms with Gasteiger partial charge in [0.2, 0.25) is 5.91 Å². The van der Waals surface area contributed by atoms with Gasteiger partial charge in [0.1, 0.15) is 0 Å². The van der Waals surface area contributed by atoms with Crippen molar-refractivity contribution in [2.45, 2.75) is 263 Å². The number of aliphatic hydroxyl groups is 3. The summed E-state index contributed by atoms with van der Waals surface area (Å²) >= 11 is 0. The summed E-state index contributed by atoms with van der Waals surface area (Å²) in [5, 5.41) is 33.4. The number of carbonyl (C=O) groups excluding carboxylic acids is 1. The minimum absolute atomic E-state index is 0.0324. The highest BCUT2D eigenvalue weighted by Crippen LogP contribution is 2.16. The Kier molecular flexibility index (Phi) is 41.6. The number of rotatable bonds is 42. The minimum atomic E-state index is -0.749. The molecule has 0 aliphatic heterocycles. The first-order valence-corrected chi connectivity index (χ1v) is 23.1. The molecule has 5 nitrogen and oxygen atoms in total. The van der Waals surface area contributed by atoms with Crippen LogP contribution in [0.5, 0.6) is 0 Å². The number of unbranched alkanes of at least 4 members (excludes halogenated alkanes) is 29. The van der Waals surface area contributed by atoms with Gasteiger partial charge in [-0.2, -0.15) is 0 Å². The van der Waals surface area contributed by atoms with Gasteiger partial charge in [-0.1, -0.05) is 218 Å². The van der Waals surface area contributed by atoms with Crippen LogP contribution >= 0.6 is 0 Å². The Morgan fingerprint density at radius 3 is 1.21 bits per heavy atom. The van der Waals surface area contributed by atoms with Crippen molar-refractivity contribution in [3.8, 4) is 0 Å². The summed E-state index contributed by atoms with van der Waals surface area (Å²) in [7, 11) is 0. The molecule has 0 fully saturated rings. The molecule has 0 bridgehead atoms. The maximum Gasteiger partial charge on any atom is 0.222 e. The average molecular weight is 734 g/mol. The molecule has 0 spiro atoms. The van der Waals surface area contributed by atoms with Crippen LogP contribution in [0.15, 0.2) is 24.3 Å². The van der Waals surface area contributed by atoms with Crippen molar-refractivity contribution in [1.82, 2.24) is 5.32 Å². The summed E-state index contributed by atoms with van der Waals surface area (Å²) in [5.41, 5.74) is 0. The van der Waals surface area contributed by atoms with E-state index in [1.54, 1.807) is 0 Å². The van der Waals surface area contributed by atoms with Gasteiger partial charge < -0.3 is 20.6 Å². The highest BCUT2D eigenvalue weighted by molar-refractivity contribution is 5.76. The fourth-order valence-corrected chi connectivity index (χ4v) is 7.20. The Bertz CT molecular complexity index is 768. The van der Waals surface area contributed by atoms with Gasteiger partial charge in [-0.3, -0.25) is 4.79 Å². The fourth-order valence-electron chi connectivity index (χ4n) is 7.20. The molecule has 0 aromatic heterocycles. The lowest BCUT2D eigenvalue weighted by molar-refractivity contribution is -0.125. The average Bonchev–Trinajstić information content (AvgIpc) is 3.14. The molecule has 0 aliphatic carbocycles. The van der Waals surface area contributed by atoms with Gasteiger partial charge in [0.05, 0.1) is 31.3 Å². The second kappa shape index (κ2) is 42.6. The highest BCUT2D eigenvalue weighted by atomic mass is 16.3. The van der Waals surface area contributed by atoms with E-state index in [1.165, 1.54) is 180 Å². The molecule has 0 heterocycles. The molecule has 0 aromatic rings. The molecule has 308 valence electrons. The molecular formula is C47H91NO4. The van der Waals surface area contributed by atoms with Gasteiger partial charge >= 0.3 is 0 Å². The molecule has 0 aromatic carbocycles. The van der Waals surface area contributed by atoms with Crippen molar-refractivity contribution in [2.24, 2.45) is 0 Å². The van der Waals surface area contributed by atoms with Crippen molar-refractivity contribution in [1.29, 1.82) is 0 Å². The van der Waals surface area contributed by atoms with Crippen molar-refractivity contribution in [3.63, 3.8) is 0 Å². The van der Waals surface area contributed by atoms with E-state index in [-0.39, 0.29) is 18.9 Å². The first kappa shape index (κ1) is 50.8. The van der Waals surface area contributed by atoms with E-state index in [0.29, 0.717) is 12.8 Å². The Morgan fingerprint density at radius 1 is 0.481 bits per heavy atom. The molecule has 0 saturated carbocycles. The highest BCUT2D eigenvalue weighted by Gasteiger charge is 2.21. The zero-order valence-electron chi connectivity index (χ0n) is 35.0. The summed E-state index contributed by atoms with van der Waals surface area (Å²) in [6, 6.07) is -0.659. The third-order valence-corrected chi connectivity index (χ3v) is 10.8. The lowest BCUT2D eigenvalue weighted by atomic mass is 10.0. The number of hydrogen-bond donors (Lipinski definition) is 4. The molecule has 0 radical (unpaired) electrons. The zero-order valence-corrected chi connectivity index (χ0v) is 35.0. The predicted octanol–water partition coefficient (Wildman–Crippen LogP) is 13.4. The van der Waals surface area contributed by atoms with E-state index in [4.69, 9.17) is 0 Å². The Balaban J connectivity index is 3.61. The molecule has 52 heavy (non-hydrogen) atoms. The molecule has 0 aliphatic rings. The fraction of sp³-hybridized carbons (Fsp3) is 0.894. The first-order valence-electron chi connectivity index (χ1n) is 23.1.